The molecule has 0 unspecified atom stereocenters. The number of thiophene rings is 1. The first-order chi connectivity index (χ1) is 10.9. The third-order valence-corrected chi connectivity index (χ3v) is 6.88. The summed E-state index contributed by atoms with van der Waals surface area (Å²) in [5.74, 6) is -0.542. The molecule has 0 saturated carbocycles. The van der Waals surface area contributed by atoms with Gasteiger partial charge < -0.3 is 0 Å². The molecule has 1 saturated heterocycles. The van der Waals surface area contributed by atoms with Crippen LogP contribution in [-0.4, -0.2) is 43.8 Å². The number of rotatable bonds is 4. The van der Waals surface area contributed by atoms with Gasteiger partial charge in [0.1, 0.15) is 5.82 Å². The Morgan fingerprint density at radius 1 is 1.12 bits per heavy atom. The molecular weight excluding hydrogens is 394 g/mol. The summed E-state index contributed by atoms with van der Waals surface area (Å²) in [6.45, 7) is 2.86. The zero-order valence-corrected chi connectivity index (χ0v) is 15.9. The van der Waals surface area contributed by atoms with Crippen molar-refractivity contribution in [2.45, 2.75) is 11.4 Å². The fourth-order valence-corrected chi connectivity index (χ4v) is 5.15. The molecule has 9 heteroatoms. The molecule has 0 atom stereocenters. The van der Waals surface area contributed by atoms with Gasteiger partial charge in [0.25, 0.3) is 0 Å². The molecule has 1 aliphatic heterocycles. The highest BCUT2D eigenvalue weighted by Crippen LogP contribution is 2.24. The molecule has 0 aliphatic carbocycles. The third kappa shape index (κ3) is 4.47. The highest BCUT2D eigenvalue weighted by molar-refractivity contribution is 7.89. The van der Waals surface area contributed by atoms with Crippen molar-refractivity contribution in [2.24, 2.45) is 0 Å². The van der Waals surface area contributed by atoms with E-state index in [1.165, 1.54) is 33.8 Å². The summed E-state index contributed by atoms with van der Waals surface area (Å²) in [6, 6.07) is 9.00. The maximum Gasteiger partial charge on any atom is 0.243 e. The molecule has 0 bridgehead atoms. The molecule has 132 valence electrons. The molecule has 4 nitrogen and oxygen atoms in total. The van der Waals surface area contributed by atoms with Gasteiger partial charge in [-0.15, -0.1) is 23.7 Å². The van der Waals surface area contributed by atoms with Crippen LogP contribution in [0.1, 0.15) is 4.88 Å². The number of halogens is 3. The van der Waals surface area contributed by atoms with Crippen molar-refractivity contribution in [1.82, 2.24) is 9.21 Å². The maximum atomic E-state index is 13.3. The van der Waals surface area contributed by atoms with E-state index in [1.54, 1.807) is 0 Å². The van der Waals surface area contributed by atoms with E-state index in [-0.39, 0.29) is 17.3 Å². The van der Waals surface area contributed by atoms with Gasteiger partial charge in [-0.3, -0.25) is 4.90 Å². The highest BCUT2D eigenvalue weighted by Gasteiger charge is 2.28. The quantitative estimate of drug-likeness (QED) is 0.774. The first kappa shape index (κ1) is 19.6. The van der Waals surface area contributed by atoms with Gasteiger partial charge in [0.15, 0.2) is 0 Å². The average Bonchev–Trinajstić information content (AvgIpc) is 2.93. The standard InChI is InChI=1S/C15H16ClFN2O2S2.ClH/c16-15-5-4-13(22-15)11-18-6-8-19(9-7-18)23(20,21)14-3-1-2-12(17)10-14;/h1-5,10H,6-9,11H2;1H. The van der Waals surface area contributed by atoms with Crippen LogP contribution in [0.15, 0.2) is 41.3 Å². The largest absolute Gasteiger partial charge is 0.296 e. The second kappa shape index (κ2) is 8.12. The Hall–Kier alpha value is -0.700. The Balaban J connectivity index is 0.00000208. The lowest BCUT2D eigenvalue weighted by molar-refractivity contribution is 0.183. The lowest BCUT2D eigenvalue weighted by atomic mass is 10.3. The van der Waals surface area contributed by atoms with Gasteiger partial charge in [-0.05, 0) is 30.3 Å². The highest BCUT2D eigenvalue weighted by atomic mass is 35.5. The smallest absolute Gasteiger partial charge is 0.243 e. The number of hydrogen-bond acceptors (Lipinski definition) is 4. The molecule has 0 spiro atoms. The summed E-state index contributed by atoms with van der Waals surface area (Å²) in [4.78, 5) is 3.37. The zero-order chi connectivity index (χ0) is 16.4. The number of nitrogens with zero attached hydrogens (tertiary/aromatic N) is 2. The molecule has 3 rings (SSSR count). The number of piperazine rings is 1. The number of benzene rings is 1. The van der Waals surface area contributed by atoms with Gasteiger partial charge in [-0.2, -0.15) is 4.31 Å². The predicted molar refractivity (Wildman–Crippen MR) is 97.0 cm³/mol. The van der Waals surface area contributed by atoms with Gasteiger partial charge >= 0.3 is 0 Å². The van der Waals surface area contributed by atoms with E-state index in [4.69, 9.17) is 11.6 Å². The Bertz CT molecular complexity index is 790. The fraction of sp³-hybridized carbons (Fsp3) is 0.333. The molecule has 1 aromatic heterocycles. The molecule has 0 radical (unpaired) electrons. The molecule has 0 amide bonds. The normalized spacial score (nSPS) is 16.8. The second-order valence-electron chi connectivity index (χ2n) is 5.34. The SMILES string of the molecule is Cl.O=S(=O)(c1cccc(F)c1)N1CCN(Cc2ccc(Cl)s2)CC1. The molecule has 24 heavy (non-hydrogen) atoms. The monoisotopic (exact) mass is 410 g/mol. The van der Waals surface area contributed by atoms with Crippen molar-refractivity contribution < 1.29 is 12.8 Å². The average molecular weight is 411 g/mol. The molecule has 1 fully saturated rings. The number of hydrogen-bond donors (Lipinski definition) is 0. The Morgan fingerprint density at radius 3 is 2.42 bits per heavy atom. The first-order valence-corrected chi connectivity index (χ1v) is 9.81. The fourth-order valence-electron chi connectivity index (χ4n) is 2.56. The summed E-state index contributed by atoms with van der Waals surface area (Å²) < 4.78 is 40.5. The zero-order valence-electron chi connectivity index (χ0n) is 12.7. The van der Waals surface area contributed by atoms with Crippen LogP contribution >= 0.6 is 35.3 Å². The van der Waals surface area contributed by atoms with E-state index in [9.17, 15) is 12.8 Å². The van der Waals surface area contributed by atoms with Gasteiger partial charge in [-0.25, -0.2) is 12.8 Å². The molecule has 2 aromatic rings. The van der Waals surface area contributed by atoms with Crippen molar-refractivity contribution in [3.05, 3.63) is 51.4 Å². The summed E-state index contributed by atoms with van der Waals surface area (Å²) in [5.41, 5.74) is 0. The van der Waals surface area contributed by atoms with E-state index in [0.29, 0.717) is 26.2 Å². The maximum absolute atomic E-state index is 13.3. The summed E-state index contributed by atoms with van der Waals surface area (Å²) in [5, 5.41) is 0. The van der Waals surface area contributed by atoms with Crippen LogP contribution in [0, 0.1) is 5.82 Å². The van der Waals surface area contributed by atoms with Crippen LogP contribution in [0.5, 0.6) is 0 Å². The van der Waals surface area contributed by atoms with Crippen molar-refractivity contribution in [3.63, 3.8) is 0 Å². The van der Waals surface area contributed by atoms with Crippen LogP contribution in [0.4, 0.5) is 4.39 Å². The molecular formula is C15H17Cl2FN2O2S2. The predicted octanol–water partition coefficient (Wildman–Crippen LogP) is 3.47. The van der Waals surface area contributed by atoms with E-state index in [1.807, 2.05) is 12.1 Å². The third-order valence-electron chi connectivity index (χ3n) is 3.77. The van der Waals surface area contributed by atoms with Crippen molar-refractivity contribution in [1.29, 1.82) is 0 Å². The summed E-state index contributed by atoms with van der Waals surface area (Å²) in [7, 11) is -3.63. The second-order valence-corrected chi connectivity index (χ2v) is 9.08. The Labute approximate surface area is 156 Å². The summed E-state index contributed by atoms with van der Waals surface area (Å²) in [6.07, 6.45) is 0. The van der Waals surface area contributed by atoms with E-state index < -0.39 is 15.8 Å². The Morgan fingerprint density at radius 2 is 1.83 bits per heavy atom. The molecule has 1 aliphatic rings. The van der Waals surface area contributed by atoms with Crippen LogP contribution < -0.4 is 0 Å². The van der Waals surface area contributed by atoms with Gasteiger partial charge in [0.2, 0.25) is 10.0 Å². The van der Waals surface area contributed by atoms with Crippen LogP contribution in [0.3, 0.4) is 0 Å². The topological polar surface area (TPSA) is 40.6 Å². The summed E-state index contributed by atoms with van der Waals surface area (Å²) >= 11 is 7.46. The van der Waals surface area contributed by atoms with Crippen LogP contribution in [0.2, 0.25) is 4.34 Å². The van der Waals surface area contributed by atoms with Crippen molar-refractivity contribution >= 4 is 45.4 Å². The lowest BCUT2D eigenvalue weighted by Crippen LogP contribution is -2.48. The van der Waals surface area contributed by atoms with Crippen LogP contribution in [0.25, 0.3) is 0 Å². The Kier molecular flexibility index (Phi) is 6.64. The van der Waals surface area contributed by atoms with Crippen molar-refractivity contribution in [2.75, 3.05) is 26.2 Å². The van der Waals surface area contributed by atoms with E-state index in [0.717, 1.165) is 21.8 Å². The van der Waals surface area contributed by atoms with Gasteiger partial charge in [0, 0.05) is 37.6 Å². The van der Waals surface area contributed by atoms with Gasteiger partial charge in [-0.1, -0.05) is 17.7 Å². The first-order valence-electron chi connectivity index (χ1n) is 7.17. The minimum atomic E-state index is -3.63. The number of sulfonamides is 1. The van der Waals surface area contributed by atoms with Crippen molar-refractivity contribution in [3.8, 4) is 0 Å². The molecule has 1 aromatic carbocycles. The van der Waals surface area contributed by atoms with Crippen LogP contribution in [-0.2, 0) is 16.6 Å². The minimum absolute atomic E-state index is 0. The minimum Gasteiger partial charge on any atom is -0.296 e. The van der Waals surface area contributed by atoms with E-state index in [2.05, 4.69) is 4.90 Å². The lowest BCUT2D eigenvalue weighted by Gasteiger charge is -2.33. The van der Waals surface area contributed by atoms with Gasteiger partial charge in [0.05, 0.1) is 9.23 Å². The van der Waals surface area contributed by atoms with E-state index >= 15 is 0 Å². The molecule has 0 N–H and O–H groups in total. The molecule has 2 heterocycles.